The van der Waals surface area contributed by atoms with E-state index in [-0.39, 0.29) is 4.90 Å². The van der Waals surface area contributed by atoms with Crippen molar-refractivity contribution in [3.8, 4) is 22.8 Å². The molecule has 9 heteroatoms. The summed E-state index contributed by atoms with van der Waals surface area (Å²) >= 11 is 1.58. The third-order valence-electron chi connectivity index (χ3n) is 4.49. The number of anilines is 1. The van der Waals surface area contributed by atoms with E-state index in [1.54, 1.807) is 29.5 Å². The van der Waals surface area contributed by atoms with Gasteiger partial charge in [-0.3, -0.25) is 9.12 Å². The van der Waals surface area contributed by atoms with Crippen molar-refractivity contribution >= 4 is 32.0 Å². The van der Waals surface area contributed by atoms with Crippen molar-refractivity contribution in [1.29, 1.82) is 0 Å². The van der Waals surface area contributed by atoms with Crippen molar-refractivity contribution < 1.29 is 17.9 Å². The average molecular weight is 430 g/mol. The van der Waals surface area contributed by atoms with Crippen LogP contribution in [0.1, 0.15) is 5.69 Å². The predicted molar refractivity (Wildman–Crippen MR) is 114 cm³/mol. The second kappa shape index (κ2) is 7.41. The molecule has 0 amide bonds. The van der Waals surface area contributed by atoms with E-state index in [0.717, 1.165) is 21.9 Å². The third-order valence-corrected chi connectivity index (χ3v) is 6.82. The number of hydrogen-bond donors (Lipinski definition) is 1. The molecule has 150 valence electrons. The van der Waals surface area contributed by atoms with Gasteiger partial charge in [0.15, 0.2) is 16.5 Å². The fourth-order valence-corrected chi connectivity index (χ4v) is 4.86. The van der Waals surface area contributed by atoms with Crippen molar-refractivity contribution in [3.63, 3.8) is 0 Å². The minimum absolute atomic E-state index is 0.0871. The topological polar surface area (TPSA) is 81.9 Å². The Balaban J connectivity index is 1.57. The van der Waals surface area contributed by atoms with Gasteiger partial charge in [0.2, 0.25) is 0 Å². The number of methoxy groups -OCH3 is 2. The molecule has 1 N–H and O–H groups in total. The highest BCUT2D eigenvalue weighted by atomic mass is 32.2. The lowest BCUT2D eigenvalue weighted by Gasteiger charge is -2.12. The lowest BCUT2D eigenvalue weighted by molar-refractivity contribution is 0.354. The van der Waals surface area contributed by atoms with Crippen LogP contribution in [0.4, 0.5) is 5.69 Å². The molecule has 4 aromatic rings. The summed E-state index contributed by atoms with van der Waals surface area (Å²) in [7, 11) is -0.812. The first-order valence-corrected chi connectivity index (χ1v) is 11.1. The van der Waals surface area contributed by atoms with E-state index in [4.69, 9.17) is 9.47 Å². The van der Waals surface area contributed by atoms with Gasteiger partial charge in [0.1, 0.15) is 0 Å². The van der Waals surface area contributed by atoms with Crippen LogP contribution in [0, 0.1) is 6.92 Å². The van der Waals surface area contributed by atoms with Crippen LogP contribution in [0.5, 0.6) is 11.5 Å². The van der Waals surface area contributed by atoms with E-state index in [1.165, 1.54) is 26.4 Å². The maximum atomic E-state index is 12.7. The number of rotatable bonds is 6. The van der Waals surface area contributed by atoms with E-state index >= 15 is 0 Å². The van der Waals surface area contributed by atoms with Crippen LogP contribution >= 0.6 is 11.3 Å². The Kier molecular flexibility index (Phi) is 4.93. The number of ether oxygens (including phenoxy) is 2. The number of hydrogen-bond acceptors (Lipinski definition) is 6. The molecule has 0 saturated carbocycles. The van der Waals surface area contributed by atoms with Gasteiger partial charge in [-0.1, -0.05) is 12.1 Å². The van der Waals surface area contributed by atoms with Crippen molar-refractivity contribution in [1.82, 2.24) is 9.38 Å². The summed E-state index contributed by atoms with van der Waals surface area (Å²) in [6.45, 7) is 2.03. The zero-order chi connectivity index (χ0) is 20.6. The van der Waals surface area contributed by atoms with E-state index in [1.807, 2.05) is 29.7 Å². The second-order valence-electron chi connectivity index (χ2n) is 6.36. The van der Waals surface area contributed by atoms with Gasteiger partial charge in [0.25, 0.3) is 10.0 Å². The van der Waals surface area contributed by atoms with Crippen LogP contribution in [-0.4, -0.2) is 32.0 Å². The Bertz CT molecular complexity index is 1280. The van der Waals surface area contributed by atoms with Crippen molar-refractivity contribution in [2.24, 2.45) is 0 Å². The fourth-order valence-electron chi connectivity index (χ4n) is 2.94. The van der Waals surface area contributed by atoms with Gasteiger partial charge in [0, 0.05) is 34.6 Å². The van der Waals surface area contributed by atoms with Crippen LogP contribution in [0.3, 0.4) is 0 Å². The zero-order valence-electron chi connectivity index (χ0n) is 16.0. The number of sulfonamides is 1. The molecule has 2 aromatic heterocycles. The van der Waals surface area contributed by atoms with Gasteiger partial charge < -0.3 is 9.47 Å². The van der Waals surface area contributed by atoms with Gasteiger partial charge in [0.05, 0.1) is 24.8 Å². The van der Waals surface area contributed by atoms with Crippen molar-refractivity contribution in [2.45, 2.75) is 11.8 Å². The molecule has 0 fully saturated rings. The van der Waals surface area contributed by atoms with Gasteiger partial charge in [-0.05, 0) is 31.2 Å². The van der Waals surface area contributed by atoms with Crippen LogP contribution in [0.25, 0.3) is 16.2 Å². The number of thiazole rings is 1. The number of aromatic nitrogens is 2. The molecule has 0 saturated heterocycles. The number of nitrogens with one attached hydrogen (secondary N) is 1. The molecule has 0 aliphatic rings. The Morgan fingerprint density at radius 3 is 2.41 bits per heavy atom. The Hall–Kier alpha value is -3.04. The predicted octanol–water partition coefficient (Wildman–Crippen LogP) is 4.19. The molecule has 2 aromatic carbocycles. The summed E-state index contributed by atoms with van der Waals surface area (Å²) < 4.78 is 40.4. The Morgan fingerprint density at radius 2 is 1.76 bits per heavy atom. The normalized spacial score (nSPS) is 11.6. The first kappa shape index (κ1) is 19.3. The molecule has 0 atom stereocenters. The van der Waals surface area contributed by atoms with Crippen LogP contribution in [0.2, 0.25) is 0 Å². The number of fused-ring (bicyclic) bond motifs is 1. The minimum atomic E-state index is -3.77. The molecule has 0 unspecified atom stereocenters. The summed E-state index contributed by atoms with van der Waals surface area (Å²) in [5.41, 5.74) is 3.34. The molecule has 0 aliphatic carbocycles. The maximum Gasteiger partial charge on any atom is 0.262 e. The average Bonchev–Trinajstić information content (AvgIpc) is 3.30. The smallest absolute Gasteiger partial charge is 0.262 e. The lowest BCUT2D eigenvalue weighted by atomic mass is 10.1. The van der Waals surface area contributed by atoms with E-state index < -0.39 is 10.0 Å². The van der Waals surface area contributed by atoms with Gasteiger partial charge in [-0.15, -0.1) is 11.3 Å². The summed E-state index contributed by atoms with van der Waals surface area (Å²) in [6, 6.07) is 11.6. The van der Waals surface area contributed by atoms with Crippen molar-refractivity contribution in [2.75, 3.05) is 18.9 Å². The van der Waals surface area contributed by atoms with Crippen LogP contribution in [0.15, 0.2) is 58.9 Å². The van der Waals surface area contributed by atoms with Crippen LogP contribution < -0.4 is 14.2 Å². The Morgan fingerprint density at radius 1 is 1.03 bits per heavy atom. The molecule has 0 spiro atoms. The van der Waals surface area contributed by atoms with Gasteiger partial charge in [-0.25, -0.2) is 13.4 Å². The van der Waals surface area contributed by atoms with E-state index in [0.29, 0.717) is 17.2 Å². The zero-order valence-corrected chi connectivity index (χ0v) is 17.7. The number of imidazole rings is 1. The Labute approximate surface area is 172 Å². The van der Waals surface area contributed by atoms with Crippen LogP contribution in [-0.2, 0) is 10.0 Å². The molecule has 0 bridgehead atoms. The lowest BCUT2D eigenvalue weighted by Crippen LogP contribution is -2.13. The van der Waals surface area contributed by atoms with E-state index in [2.05, 4.69) is 15.1 Å². The molecule has 2 heterocycles. The minimum Gasteiger partial charge on any atom is -0.493 e. The fraction of sp³-hybridized carbons (Fsp3) is 0.150. The number of benzene rings is 2. The molecule has 7 nitrogen and oxygen atoms in total. The second-order valence-corrected chi connectivity index (χ2v) is 8.87. The highest BCUT2D eigenvalue weighted by molar-refractivity contribution is 7.92. The molecule has 29 heavy (non-hydrogen) atoms. The van der Waals surface area contributed by atoms with Gasteiger partial charge in [-0.2, -0.15) is 0 Å². The maximum absolute atomic E-state index is 12.7. The summed E-state index contributed by atoms with van der Waals surface area (Å²) in [5.74, 6) is 0.812. The van der Waals surface area contributed by atoms with E-state index in [9.17, 15) is 8.42 Å². The standard InChI is InChI=1S/C20H19N3O4S2/c1-13-12-28-20-21-17(11-23(13)20)14-4-6-15(7-5-14)22-29(24,25)16-8-9-18(26-2)19(10-16)27-3/h4-12,22H,1-3H3. The third kappa shape index (κ3) is 3.66. The SMILES string of the molecule is COc1ccc(S(=O)(=O)Nc2ccc(-c3cn4c(C)csc4n3)cc2)cc1OC. The first-order chi connectivity index (χ1) is 13.9. The molecular weight excluding hydrogens is 410 g/mol. The quantitative estimate of drug-likeness (QED) is 0.497. The summed E-state index contributed by atoms with van der Waals surface area (Å²) in [5, 5.41) is 2.05. The highest BCUT2D eigenvalue weighted by Crippen LogP contribution is 2.30. The molecule has 0 aliphatic heterocycles. The summed E-state index contributed by atoms with van der Waals surface area (Å²) in [6.07, 6.45) is 1.98. The summed E-state index contributed by atoms with van der Waals surface area (Å²) in [4.78, 5) is 5.62. The van der Waals surface area contributed by atoms with Crippen molar-refractivity contribution in [3.05, 3.63) is 59.7 Å². The largest absolute Gasteiger partial charge is 0.493 e. The number of aryl methyl sites for hydroxylation is 1. The molecule has 4 rings (SSSR count). The number of nitrogens with zero attached hydrogens (tertiary/aromatic N) is 2. The molecular formula is C20H19N3O4S2. The van der Waals surface area contributed by atoms with Gasteiger partial charge >= 0.3 is 0 Å². The monoisotopic (exact) mass is 429 g/mol. The first-order valence-electron chi connectivity index (χ1n) is 8.70. The molecule has 0 radical (unpaired) electrons. The highest BCUT2D eigenvalue weighted by Gasteiger charge is 2.17.